The summed E-state index contributed by atoms with van der Waals surface area (Å²) in [5.74, 6) is 0.790. The lowest BCUT2D eigenvalue weighted by Crippen LogP contribution is -2.26. The fourth-order valence-corrected chi connectivity index (χ4v) is 3.04. The standard InChI is InChI=1S/C18H25N5O2/c1-25-13-12-23-14-20-21-17(23)8-9-19-18(24)15-4-6-16(7-5-15)22-10-2-3-11-22/h4-7,14H,2-3,8-13H2,1H3,(H,19,24). The number of rotatable bonds is 8. The van der Waals surface area contributed by atoms with E-state index in [4.69, 9.17) is 4.74 Å². The van der Waals surface area contributed by atoms with Crippen LogP contribution < -0.4 is 10.2 Å². The van der Waals surface area contributed by atoms with E-state index >= 15 is 0 Å². The van der Waals surface area contributed by atoms with Gasteiger partial charge in [0.15, 0.2) is 0 Å². The van der Waals surface area contributed by atoms with Gasteiger partial charge < -0.3 is 19.5 Å². The predicted molar refractivity (Wildman–Crippen MR) is 95.8 cm³/mol. The van der Waals surface area contributed by atoms with Crippen LogP contribution in [-0.4, -0.2) is 54.0 Å². The molecule has 0 bridgehead atoms. The first kappa shape index (κ1) is 17.4. The third-order valence-corrected chi connectivity index (χ3v) is 4.47. The normalized spacial score (nSPS) is 14.0. The molecular weight excluding hydrogens is 318 g/mol. The lowest BCUT2D eigenvalue weighted by atomic mass is 10.2. The van der Waals surface area contributed by atoms with Crippen molar-refractivity contribution in [3.8, 4) is 0 Å². The molecule has 1 amide bonds. The van der Waals surface area contributed by atoms with Gasteiger partial charge in [-0.2, -0.15) is 0 Å². The van der Waals surface area contributed by atoms with Crippen molar-refractivity contribution in [2.24, 2.45) is 0 Å². The smallest absolute Gasteiger partial charge is 0.251 e. The Labute approximate surface area is 148 Å². The van der Waals surface area contributed by atoms with Crippen LogP contribution in [0.3, 0.4) is 0 Å². The molecule has 7 nitrogen and oxygen atoms in total. The Morgan fingerprint density at radius 3 is 2.72 bits per heavy atom. The van der Waals surface area contributed by atoms with Crippen molar-refractivity contribution < 1.29 is 9.53 Å². The summed E-state index contributed by atoms with van der Waals surface area (Å²) in [4.78, 5) is 14.6. The zero-order chi connectivity index (χ0) is 17.5. The first-order valence-electron chi connectivity index (χ1n) is 8.77. The average molecular weight is 343 g/mol. The van der Waals surface area contributed by atoms with Gasteiger partial charge in [0.05, 0.1) is 6.61 Å². The lowest BCUT2D eigenvalue weighted by Gasteiger charge is -2.17. The van der Waals surface area contributed by atoms with Gasteiger partial charge in [0.1, 0.15) is 12.2 Å². The Morgan fingerprint density at radius 2 is 2.00 bits per heavy atom. The quantitative estimate of drug-likeness (QED) is 0.786. The highest BCUT2D eigenvalue weighted by Gasteiger charge is 2.13. The molecule has 0 unspecified atom stereocenters. The molecule has 0 aliphatic carbocycles. The topological polar surface area (TPSA) is 72.3 Å². The van der Waals surface area contributed by atoms with Crippen LogP contribution in [0, 0.1) is 0 Å². The number of carbonyl (C=O) groups excluding carboxylic acids is 1. The maximum absolute atomic E-state index is 12.3. The molecule has 25 heavy (non-hydrogen) atoms. The summed E-state index contributed by atoms with van der Waals surface area (Å²) in [6.45, 7) is 4.06. The van der Waals surface area contributed by atoms with Crippen LogP contribution in [0.1, 0.15) is 29.0 Å². The number of nitrogens with one attached hydrogen (secondary N) is 1. The number of amides is 1. The van der Waals surface area contributed by atoms with Crippen LogP contribution in [0.2, 0.25) is 0 Å². The van der Waals surface area contributed by atoms with Gasteiger partial charge in [-0.1, -0.05) is 0 Å². The fraction of sp³-hybridized carbons (Fsp3) is 0.500. The van der Waals surface area contributed by atoms with Crippen LogP contribution in [0.5, 0.6) is 0 Å². The third-order valence-electron chi connectivity index (χ3n) is 4.47. The fourth-order valence-electron chi connectivity index (χ4n) is 3.04. The second-order valence-corrected chi connectivity index (χ2v) is 6.18. The molecule has 0 spiro atoms. The third kappa shape index (κ3) is 4.57. The van der Waals surface area contributed by atoms with Crippen molar-refractivity contribution in [2.45, 2.75) is 25.8 Å². The van der Waals surface area contributed by atoms with Gasteiger partial charge in [0, 0.05) is 51.0 Å². The van der Waals surface area contributed by atoms with Crippen molar-refractivity contribution >= 4 is 11.6 Å². The van der Waals surface area contributed by atoms with E-state index in [-0.39, 0.29) is 5.91 Å². The molecule has 1 fully saturated rings. The van der Waals surface area contributed by atoms with E-state index < -0.39 is 0 Å². The van der Waals surface area contributed by atoms with E-state index in [1.54, 1.807) is 13.4 Å². The first-order valence-corrected chi connectivity index (χ1v) is 8.77. The van der Waals surface area contributed by atoms with Crippen LogP contribution in [0.4, 0.5) is 5.69 Å². The number of benzene rings is 1. The second-order valence-electron chi connectivity index (χ2n) is 6.18. The van der Waals surface area contributed by atoms with E-state index in [0.717, 1.165) is 18.9 Å². The van der Waals surface area contributed by atoms with E-state index in [0.29, 0.717) is 31.7 Å². The van der Waals surface area contributed by atoms with E-state index in [1.807, 2.05) is 28.8 Å². The van der Waals surface area contributed by atoms with Crippen LogP contribution in [0.15, 0.2) is 30.6 Å². The highest BCUT2D eigenvalue weighted by molar-refractivity contribution is 5.94. The average Bonchev–Trinajstić information content (AvgIpc) is 3.32. The lowest BCUT2D eigenvalue weighted by molar-refractivity contribution is 0.0954. The number of methoxy groups -OCH3 is 1. The molecule has 1 N–H and O–H groups in total. The van der Waals surface area contributed by atoms with Crippen molar-refractivity contribution in [3.63, 3.8) is 0 Å². The van der Waals surface area contributed by atoms with Crippen molar-refractivity contribution in [1.82, 2.24) is 20.1 Å². The molecule has 0 saturated carbocycles. The first-order chi connectivity index (χ1) is 12.3. The molecule has 1 aliphatic heterocycles. The van der Waals surface area contributed by atoms with E-state index in [1.165, 1.54) is 18.5 Å². The molecule has 1 saturated heterocycles. The number of hydrogen-bond acceptors (Lipinski definition) is 5. The zero-order valence-corrected chi connectivity index (χ0v) is 14.6. The monoisotopic (exact) mass is 343 g/mol. The Morgan fingerprint density at radius 1 is 1.24 bits per heavy atom. The SMILES string of the molecule is COCCn1cnnc1CCNC(=O)c1ccc(N2CCCC2)cc1. The summed E-state index contributed by atoms with van der Waals surface area (Å²) < 4.78 is 7.01. The molecule has 2 aromatic rings. The molecule has 0 radical (unpaired) electrons. The molecule has 7 heteroatoms. The Bertz CT molecular complexity index is 677. The van der Waals surface area contributed by atoms with E-state index in [9.17, 15) is 4.79 Å². The summed E-state index contributed by atoms with van der Waals surface area (Å²) in [5, 5.41) is 11.0. The predicted octanol–water partition coefficient (Wildman–Crippen LogP) is 1.50. The summed E-state index contributed by atoms with van der Waals surface area (Å²) in [6.07, 6.45) is 4.82. The number of aromatic nitrogens is 3. The minimum atomic E-state index is -0.0593. The number of nitrogens with zero attached hydrogens (tertiary/aromatic N) is 4. The number of carbonyl (C=O) groups is 1. The van der Waals surface area contributed by atoms with Gasteiger partial charge in [-0.05, 0) is 37.1 Å². The van der Waals surface area contributed by atoms with Crippen molar-refractivity contribution in [1.29, 1.82) is 0 Å². The van der Waals surface area contributed by atoms with Gasteiger partial charge >= 0.3 is 0 Å². The van der Waals surface area contributed by atoms with Gasteiger partial charge in [-0.15, -0.1) is 10.2 Å². The van der Waals surface area contributed by atoms with Gasteiger partial charge in [0.25, 0.3) is 5.91 Å². The molecule has 134 valence electrons. The summed E-state index contributed by atoms with van der Waals surface area (Å²) in [6, 6.07) is 7.84. The highest BCUT2D eigenvalue weighted by Crippen LogP contribution is 2.20. The van der Waals surface area contributed by atoms with Crippen LogP contribution >= 0.6 is 0 Å². The Hall–Kier alpha value is -2.41. The highest BCUT2D eigenvalue weighted by atomic mass is 16.5. The molecule has 0 atom stereocenters. The second kappa shape index (κ2) is 8.62. The molecule has 2 heterocycles. The molecule has 1 aromatic carbocycles. The van der Waals surface area contributed by atoms with Gasteiger partial charge in [-0.3, -0.25) is 4.79 Å². The van der Waals surface area contributed by atoms with Crippen molar-refractivity contribution in [3.05, 3.63) is 42.0 Å². The van der Waals surface area contributed by atoms with Gasteiger partial charge in [-0.25, -0.2) is 0 Å². The summed E-state index contributed by atoms with van der Waals surface area (Å²) in [7, 11) is 1.67. The molecule has 1 aromatic heterocycles. The minimum Gasteiger partial charge on any atom is -0.383 e. The Balaban J connectivity index is 1.48. The van der Waals surface area contributed by atoms with Crippen LogP contribution in [0.25, 0.3) is 0 Å². The number of ether oxygens (including phenoxy) is 1. The van der Waals surface area contributed by atoms with Crippen molar-refractivity contribution in [2.75, 3.05) is 38.3 Å². The number of hydrogen-bond donors (Lipinski definition) is 1. The largest absolute Gasteiger partial charge is 0.383 e. The van der Waals surface area contributed by atoms with Crippen LogP contribution in [-0.2, 0) is 17.7 Å². The molecule has 1 aliphatic rings. The summed E-state index contributed by atoms with van der Waals surface area (Å²) in [5.41, 5.74) is 1.88. The zero-order valence-electron chi connectivity index (χ0n) is 14.6. The molecular formula is C18H25N5O2. The van der Waals surface area contributed by atoms with Gasteiger partial charge in [0.2, 0.25) is 0 Å². The minimum absolute atomic E-state index is 0.0593. The summed E-state index contributed by atoms with van der Waals surface area (Å²) >= 11 is 0. The number of anilines is 1. The molecule has 3 rings (SSSR count). The maximum atomic E-state index is 12.3. The maximum Gasteiger partial charge on any atom is 0.251 e. The van der Waals surface area contributed by atoms with E-state index in [2.05, 4.69) is 20.4 Å². The Kier molecular flexibility index (Phi) is 6.00.